The first kappa shape index (κ1) is 21.3. The van der Waals surface area contributed by atoms with Crippen molar-refractivity contribution in [2.24, 2.45) is 0 Å². The van der Waals surface area contributed by atoms with Crippen molar-refractivity contribution in [1.29, 1.82) is 0 Å². The van der Waals surface area contributed by atoms with Crippen molar-refractivity contribution in [2.45, 2.75) is 58.1 Å². The van der Waals surface area contributed by atoms with E-state index in [4.69, 9.17) is 9.57 Å². The maximum Gasteiger partial charge on any atom is 0.407 e. The third-order valence-corrected chi connectivity index (χ3v) is 3.76. The molecule has 1 atom stereocenters. The van der Waals surface area contributed by atoms with Gasteiger partial charge in [0.1, 0.15) is 11.4 Å². The van der Waals surface area contributed by atoms with E-state index in [-0.39, 0.29) is 31.2 Å². The normalized spacial score (nSPS) is 15.4. The third kappa shape index (κ3) is 6.33. The van der Waals surface area contributed by atoms with Gasteiger partial charge in [-0.25, -0.2) is 14.0 Å². The van der Waals surface area contributed by atoms with Gasteiger partial charge in [0.2, 0.25) is 0 Å². The lowest BCUT2D eigenvalue weighted by atomic mass is 10.0. The number of hydrogen-bond acceptors (Lipinski definition) is 6. The predicted octanol–water partition coefficient (Wildman–Crippen LogP) is 2.26. The number of carbonyl (C=O) groups excluding carboxylic acids is 4. The molecule has 1 aromatic rings. The summed E-state index contributed by atoms with van der Waals surface area (Å²) >= 11 is 0. The molecule has 0 unspecified atom stereocenters. The number of hydroxylamine groups is 2. The van der Waals surface area contributed by atoms with Gasteiger partial charge in [-0.1, -0.05) is 18.2 Å². The Morgan fingerprint density at radius 3 is 2.36 bits per heavy atom. The average molecular weight is 394 g/mol. The van der Waals surface area contributed by atoms with Gasteiger partial charge in [-0.3, -0.25) is 9.59 Å². The lowest BCUT2D eigenvalue weighted by Gasteiger charge is -2.24. The van der Waals surface area contributed by atoms with Crippen molar-refractivity contribution in [3.05, 3.63) is 35.6 Å². The molecule has 1 saturated heterocycles. The SMILES string of the molecule is CC(C)(C)OC(=O)N[C@@H](CC(=O)ON1C(=O)CCC1=O)Cc1ccccc1F. The highest BCUT2D eigenvalue weighted by molar-refractivity contribution is 6.01. The molecule has 0 aliphatic carbocycles. The molecule has 28 heavy (non-hydrogen) atoms. The van der Waals surface area contributed by atoms with E-state index in [2.05, 4.69) is 5.32 Å². The van der Waals surface area contributed by atoms with E-state index in [9.17, 15) is 23.6 Å². The Kier molecular flexibility index (Phi) is 6.71. The predicted molar refractivity (Wildman–Crippen MR) is 95.1 cm³/mol. The molecular weight excluding hydrogens is 371 g/mol. The highest BCUT2D eigenvalue weighted by atomic mass is 19.1. The van der Waals surface area contributed by atoms with Crippen molar-refractivity contribution in [3.8, 4) is 0 Å². The number of nitrogens with zero attached hydrogens (tertiary/aromatic N) is 1. The Hall–Kier alpha value is -2.97. The Morgan fingerprint density at radius 2 is 1.79 bits per heavy atom. The molecule has 1 aromatic carbocycles. The summed E-state index contributed by atoms with van der Waals surface area (Å²) in [7, 11) is 0. The van der Waals surface area contributed by atoms with Crippen LogP contribution in [0.5, 0.6) is 0 Å². The van der Waals surface area contributed by atoms with Crippen LogP contribution in [0.2, 0.25) is 0 Å². The zero-order chi connectivity index (χ0) is 20.9. The topological polar surface area (TPSA) is 102 Å². The standard InChI is InChI=1S/C19H23FN2O6/c1-19(2,3)27-18(26)21-13(10-12-6-4-5-7-14(12)20)11-17(25)28-22-15(23)8-9-16(22)24/h4-7,13H,8-11H2,1-3H3,(H,21,26)/t13-/m1/s1. The number of nitrogens with one attached hydrogen (secondary N) is 1. The number of amides is 3. The second kappa shape index (κ2) is 8.81. The fourth-order valence-electron chi connectivity index (χ4n) is 2.58. The minimum atomic E-state index is -0.902. The van der Waals surface area contributed by atoms with Crippen molar-refractivity contribution in [1.82, 2.24) is 10.4 Å². The first-order valence-electron chi connectivity index (χ1n) is 8.84. The van der Waals surface area contributed by atoms with E-state index in [0.29, 0.717) is 5.06 Å². The molecule has 1 heterocycles. The molecular formula is C19H23FN2O6. The molecule has 3 amide bonds. The minimum absolute atomic E-state index is 0.0110. The second-order valence-electron chi connectivity index (χ2n) is 7.39. The molecule has 0 radical (unpaired) electrons. The maximum atomic E-state index is 14.0. The molecule has 1 N–H and O–H groups in total. The Balaban J connectivity index is 2.07. The summed E-state index contributed by atoms with van der Waals surface area (Å²) in [6, 6.07) is 5.07. The Labute approximate surface area is 161 Å². The summed E-state index contributed by atoms with van der Waals surface area (Å²) in [6.45, 7) is 5.03. The van der Waals surface area contributed by atoms with Crippen LogP contribution in [0.15, 0.2) is 24.3 Å². The molecule has 9 heteroatoms. The van der Waals surface area contributed by atoms with E-state index < -0.39 is 41.3 Å². The smallest absolute Gasteiger partial charge is 0.407 e. The quantitative estimate of drug-likeness (QED) is 0.743. The number of ether oxygens (including phenoxy) is 1. The van der Waals surface area contributed by atoms with Crippen LogP contribution in [-0.2, 0) is 30.4 Å². The molecule has 0 saturated carbocycles. The van der Waals surface area contributed by atoms with E-state index >= 15 is 0 Å². The molecule has 1 fully saturated rings. The van der Waals surface area contributed by atoms with Gasteiger partial charge in [-0.05, 0) is 38.8 Å². The third-order valence-electron chi connectivity index (χ3n) is 3.76. The van der Waals surface area contributed by atoms with Crippen molar-refractivity contribution in [2.75, 3.05) is 0 Å². The number of benzene rings is 1. The fourth-order valence-corrected chi connectivity index (χ4v) is 2.58. The van der Waals surface area contributed by atoms with Gasteiger partial charge >= 0.3 is 12.1 Å². The van der Waals surface area contributed by atoms with E-state index in [1.165, 1.54) is 18.2 Å². The molecule has 0 bridgehead atoms. The number of halogens is 1. The summed E-state index contributed by atoms with van der Waals surface area (Å²) in [6.07, 6.45) is -1.23. The van der Waals surface area contributed by atoms with Gasteiger partial charge in [-0.2, -0.15) is 0 Å². The molecule has 1 aliphatic heterocycles. The summed E-state index contributed by atoms with van der Waals surface area (Å²) in [5, 5.41) is 2.94. The first-order chi connectivity index (χ1) is 13.0. The maximum absolute atomic E-state index is 14.0. The summed E-state index contributed by atoms with van der Waals surface area (Å²) in [5.74, 6) is -2.61. The zero-order valence-electron chi connectivity index (χ0n) is 16.0. The molecule has 152 valence electrons. The molecule has 1 aliphatic rings. The number of rotatable bonds is 6. The number of alkyl carbamates (subject to hydrolysis) is 1. The van der Waals surface area contributed by atoms with Crippen LogP contribution in [0.3, 0.4) is 0 Å². The summed E-state index contributed by atoms with van der Waals surface area (Å²) < 4.78 is 19.1. The van der Waals surface area contributed by atoms with E-state index in [0.717, 1.165) is 0 Å². The monoisotopic (exact) mass is 394 g/mol. The number of hydrogen-bond donors (Lipinski definition) is 1. The summed E-state index contributed by atoms with van der Waals surface area (Å²) in [4.78, 5) is 52.2. The highest BCUT2D eigenvalue weighted by Crippen LogP contribution is 2.16. The van der Waals surface area contributed by atoms with Crippen molar-refractivity contribution >= 4 is 23.9 Å². The van der Waals surface area contributed by atoms with Gasteiger partial charge in [0.25, 0.3) is 11.8 Å². The van der Waals surface area contributed by atoms with Gasteiger partial charge in [0.15, 0.2) is 0 Å². The fraction of sp³-hybridized carbons (Fsp3) is 0.474. The van der Waals surface area contributed by atoms with Gasteiger partial charge in [0, 0.05) is 18.9 Å². The van der Waals surface area contributed by atoms with E-state index in [1.54, 1.807) is 26.8 Å². The van der Waals surface area contributed by atoms with Crippen LogP contribution in [0.1, 0.15) is 45.6 Å². The lowest BCUT2D eigenvalue weighted by Crippen LogP contribution is -2.42. The van der Waals surface area contributed by atoms with Gasteiger partial charge in [-0.15, -0.1) is 5.06 Å². The van der Waals surface area contributed by atoms with Crippen LogP contribution < -0.4 is 5.32 Å². The average Bonchev–Trinajstić information content (AvgIpc) is 2.87. The number of imide groups is 1. The van der Waals surface area contributed by atoms with Gasteiger partial charge in [0.05, 0.1) is 6.42 Å². The molecule has 0 spiro atoms. The lowest BCUT2D eigenvalue weighted by molar-refractivity contribution is -0.197. The Morgan fingerprint density at radius 1 is 1.18 bits per heavy atom. The summed E-state index contributed by atoms with van der Waals surface area (Å²) in [5.41, 5.74) is -0.480. The molecule has 2 rings (SSSR count). The van der Waals surface area contributed by atoms with Crippen molar-refractivity contribution < 1.29 is 33.1 Å². The van der Waals surface area contributed by atoms with Crippen LogP contribution >= 0.6 is 0 Å². The van der Waals surface area contributed by atoms with Crippen LogP contribution in [-0.4, -0.2) is 40.6 Å². The van der Waals surface area contributed by atoms with Gasteiger partial charge < -0.3 is 14.9 Å². The molecule has 8 nitrogen and oxygen atoms in total. The number of carbonyl (C=O) groups is 4. The first-order valence-corrected chi connectivity index (χ1v) is 8.84. The molecule has 0 aromatic heterocycles. The minimum Gasteiger partial charge on any atom is -0.444 e. The highest BCUT2D eigenvalue weighted by Gasteiger charge is 2.33. The Bertz CT molecular complexity index is 758. The largest absolute Gasteiger partial charge is 0.444 e. The van der Waals surface area contributed by atoms with E-state index in [1.807, 2.05) is 0 Å². The van der Waals surface area contributed by atoms with Crippen LogP contribution in [0.25, 0.3) is 0 Å². The van der Waals surface area contributed by atoms with Crippen LogP contribution in [0, 0.1) is 5.82 Å². The zero-order valence-corrected chi connectivity index (χ0v) is 16.0. The van der Waals surface area contributed by atoms with Crippen molar-refractivity contribution in [3.63, 3.8) is 0 Å². The van der Waals surface area contributed by atoms with Crippen LogP contribution in [0.4, 0.5) is 9.18 Å². The second-order valence-corrected chi connectivity index (χ2v) is 7.39.